The molecule has 19 heavy (non-hydrogen) atoms. The second kappa shape index (κ2) is 5.61. The van der Waals surface area contributed by atoms with E-state index in [4.69, 9.17) is 17.3 Å². The van der Waals surface area contributed by atoms with E-state index in [1.165, 1.54) is 6.07 Å². The van der Waals surface area contributed by atoms with Crippen LogP contribution in [0.2, 0.25) is 5.02 Å². The molecule has 0 radical (unpaired) electrons. The molecule has 0 saturated heterocycles. The molecule has 0 amide bonds. The van der Waals surface area contributed by atoms with Gasteiger partial charge in [-0.15, -0.1) is 0 Å². The molecule has 0 bridgehead atoms. The van der Waals surface area contributed by atoms with Crippen molar-refractivity contribution in [1.82, 2.24) is 9.55 Å². The second-order valence-electron chi connectivity index (χ2n) is 4.53. The number of benzene rings is 1. The number of hydrogen-bond donors (Lipinski definition) is 1. The van der Waals surface area contributed by atoms with Gasteiger partial charge in [0.05, 0.1) is 5.02 Å². The van der Waals surface area contributed by atoms with Gasteiger partial charge in [0.15, 0.2) is 0 Å². The molecule has 102 valence electrons. The number of aromatic nitrogens is 2. The van der Waals surface area contributed by atoms with Crippen molar-refractivity contribution in [3.63, 3.8) is 0 Å². The van der Waals surface area contributed by atoms with Crippen LogP contribution in [-0.2, 0) is 6.54 Å². The van der Waals surface area contributed by atoms with E-state index in [0.717, 1.165) is 30.8 Å². The predicted molar refractivity (Wildman–Crippen MR) is 76.7 cm³/mol. The lowest BCUT2D eigenvalue weighted by atomic mass is 10.1. The topological polar surface area (TPSA) is 43.8 Å². The van der Waals surface area contributed by atoms with Gasteiger partial charge in [-0.05, 0) is 31.5 Å². The SMILES string of the molecule is CCCCn1c(C)nc(-c2ccc(F)c(Cl)c2)c1N. The van der Waals surface area contributed by atoms with E-state index in [1.807, 2.05) is 11.5 Å². The maximum absolute atomic E-state index is 13.2. The van der Waals surface area contributed by atoms with Crippen molar-refractivity contribution >= 4 is 17.4 Å². The number of nitrogens with zero attached hydrogens (tertiary/aromatic N) is 2. The van der Waals surface area contributed by atoms with Crippen LogP contribution in [0.1, 0.15) is 25.6 Å². The molecule has 0 fully saturated rings. The summed E-state index contributed by atoms with van der Waals surface area (Å²) in [5.74, 6) is 1.03. The molecule has 2 aromatic rings. The quantitative estimate of drug-likeness (QED) is 0.919. The summed E-state index contributed by atoms with van der Waals surface area (Å²) in [5, 5.41) is 0.0812. The van der Waals surface area contributed by atoms with Gasteiger partial charge in [-0.1, -0.05) is 24.9 Å². The average molecular weight is 282 g/mol. The van der Waals surface area contributed by atoms with E-state index in [2.05, 4.69) is 11.9 Å². The molecule has 0 unspecified atom stereocenters. The van der Waals surface area contributed by atoms with E-state index in [1.54, 1.807) is 12.1 Å². The maximum atomic E-state index is 13.2. The Morgan fingerprint density at radius 2 is 2.16 bits per heavy atom. The molecular weight excluding hydrogens is 265 g/mol. The zero-order valence-electron chi connectivity index (χ0n) is 11.1. The first kappa shape index (κ1) is 13.9. The summed E-state index contributed by atoms with van der Waals surface area (Å²) in [6.07, 6.45) is 2.14. The zero-order valence-corrected chi connectivity index (χ0v) is 11.8. The van der Waals surface area contributed by atoms with Crippen LogP contribution in [0.3, 0.4) is 0 Å². The first-order valence-corrected chi connectivity index (χ1v) is 6.70. The zero-order chi connectivity index (χ0) is 14.0. The number of hydrogen-bond acceptors (Lipinski definition) is 2. The Bertz CT molecular complexity index is 593. The molecule has 3 nitrogen and oxygen atoms in total. The number of nitrogen functional groups attached to an aromatic ring is 1. The highest BCUT2D eigenvalue weighted by molar-refractivity contribution is 6.31. The Morgan fingerprint density at radius 1 is 1.42 bits per heavy atom. The van der Waals surface area contributed by atoms with Crippen LogP contribution in [0.15, 0.2) is 18.2 Å². The summed E-state index contributed by atoms with van der Waals surface area (Å²) >= 11 is 5.80. The fourth-order valence-corrected chi connectivity index (χ4v) is 2.22. The van der Waals surface area contributed by atoms with Crippen molar-refractivity contribution in [3.8, 4) is 11.3 Å². The van der Waals surface area contributed by atoms with E-state index in [-0.39, 0.29) is 5.02 Å². The van der Waals surface area contributed by atoms with Crippen LogP contribution in [0, 0.1) is 12.7 Å². The molecule has 0 aliphatic rings. The van der Waals surface area contributed by atoms with E-state index in [9.17, 15) is 4.39 Å². The molecule has 0 saturated carbocycles. The molecule has 2 rings (SSSR count). The summed E-state index contributed by atoms with van der Waals surface area (Å²) in [4.78, 5) is 4.46. The van der Waals surface area contributed by atoms with Crippen molar-refractivity contribution in [2.45, 2.75) is 33.2 Å². The van der Waals surface area contributed by atoms with Crippen LogP contribution < -0.4 is 5.73 Å². The molecule has 0 aliphatic carbocycles. The molecular formula is C14H17ClFN3. The van der Waals surface area contributed by atoms with E-state index < -0.39 is 5.82 Å². The number of unbranched alkanes of at least 4 members (excludes halogenated alkanes) is 1. The van der Waals surface area contributed by atoms with E-state index >= 15 is 0 Å². The Hall–Kier alpha value is -1.55. The third-order valence-corrected chi connectivity index (χ3v) is 3.42. The van der Waals surface area contributed by atoms with Gasteiger partial charge in [0.25, 0.3) is 0 Å². The lowest BCUT2D eigenvalue weighted by molar-refractivity contribution is 0.622. The third kappa shape index (κ3) is 2.73. The van der Waals surface area contributed by atoms with Crippen LogP contribution in [0.4, 0.5) is 10.2 Å². The minimum absolute atomic E-state index is 0.0812. The van der Waals surface area contributed by atoms with Crippen LogP contribution in [0.25, 0.3) is 11.3 Å². The standard InChI is InChI=1S/C14H17ClFN3/c1-3-4-7-19-9(2)18-13(14(19)17)10-5-6-12(16)11(15)8-10/h5-6,8H,3-4,7,17H2,1-2H3. The number of nitrogens with two attached hydrogens (primary N) is 1. The molecule has 1 aromatic carbocycles. The van der Waals surface area contributed by atoms with Crippen molar-refractivity contribution in [3.05, 3.63) is 34.9 Å². The van der Waals surface area contributed by atoms with Gasteiger partial charge in [0.2, 0.25) is 0 Å². The lowest BCUT2D eigenvalue weighted by Gasteiger charge is -2.06. The largest absolute Gasteiger partial charge is 0.383 e. The van der Waals surface area contributed by atoms with Crippen LogP contribution in [-0.4, -0.2) is 9.55 Å². The summed E-state index contributed by atoms with van der Waals surface area (Å²) < 4.78 is 15.2. The fraction of sp³-hybridized carbons (Fsp3) is 0.357. The van der Waals surface area contributed by atoms with Gasteiger partial charge in [0, 0.05) is 12.1 Å². The van der Waals surface area contributed by atoms with Crippen LogP contribution in [0.5, 0.6) is 0 Å². The Kier molecular flexibility index (Phi) is 4.10. The van der Waals surface area contributed by atoms with Crippen molar-refractivity contribution in [2.24, 2.45) is 0 Å². The fourth-order valence-electron chi connectivity index (χ4n) is 2.04. The highest BCUT2D eigenvalue weighted by Crippen LogP contribution is 2.29. The molecule has 5 heteroatoms. The summed E-state index contributed by atoms with van der Waals surface area (Å²) in [6, 6.07) is 4.53. The first-order chi connectivity index (χ1) is 9.04. The summed E-state index contributed by atoms with van der Waals surface area (Å²) in [5.41, 5.74) is 7.53. The van der Waals surface area contributed by atoms with Crippen molar-refractivity contribution in [1.29, 1.82) is 0 Å². The van der Waals surface area contributed by atoms with Gasteiger partial charge >= 0.3 is 0 Å². The van der Waals surface area contributed by atoms with Crippen molar-refractivity contribution < 1.29 is 4.39 Å². The Balaban J connectivity index is 2.42. The predicted octanol–water partition coefficient (Wildman–Crippen LogP) is 4.03. The van der Waals surface area contributed by atoms with Gasteiger partial charge in [-0.25, -0.2) is 9.37 Å². The number of anilines is 1. The first-order valence-electron chi connectivity index (χ1n) is 6.32. The Morgan fingerprint density at radius 3 is 2.79 bits per heavy atom. The van der Waals surface area contributed by atoms with Gasteiger partial charge in [0.1, 0.15) is 23.2 Å². The summed E-state index contributed by atoms with van der Waals surface area (Å²) in [7, 11) is 0. The normalized spacial score (nSPS) is 10.9. The molecule has 1 heterocycles. The lowest BCUT2D eigenvalue weighted by Crippen LogP contribution is -2.04. The number of rotatable bonds is 4. The number of aryl methyl sites for hydroxylation is 1. The monoisotopic (exact) mass is 281 g/mol. The minimum atomic E-state index is -0.439. The van der Waals surface area contributed by atoms with Crippen LogP contribution >= 0.6 is 11.6 Å². The number of imidazole rings is 1. The van der Waals surface area contributed by atoms with E-state index in [0.29, 0.717) is 11.5 Å². The highest BCUT2D eigenvalue weighted by atomic mass is 35.5. The Labute approximate surface area is 117 Å². The average Bonchev–Trinajstić information content (AvgIpc) is 2.66. The molecule has 1 aromatic heterocycles. The second-order valence-corrected chi connectivity index (χ2v) is 4.93. The smallest absolute Gasteiger partial charge is 0.141 e. The molecule has 0 spiro atoms. The minimum Gasteiger partial charge on any atom is -0.383 e. The molecule has 0 atom stereocenters. The number of halogens is 2. The molecule has 2 N–H and O–H groups in total. The van der Waals surface area contributed by atoms with Crippen molar-refractivity contribution in [2.75, 3.05) is 5.73 Å². The third-order valence-electron chi connectivity index (χ3n) is 3.13. The highest BCUT2D eigenvalue weighted by Gasteiger charge is 2.14. The maximum Gasteiger partial charge on any atom is 0.141 e. The van der Waals surface area contributed by atoms with Gasteiger partial charge in [-0.3, -0.25) is 0 Å². The van der Waals surface area contributed by atoms with Gasteiger partial charge < -0.3 is 10.3 Å². The summed E-state index contributed by atoms with van der Waals surface area (Å²) in [6.45, 7) is 4.89. The molecule has 0 aliphatic heterocycles. The van der Waals surface area contributed by atoms with Gasteiger partial charge in [-0.2, -0.15) is 0 Å².